The van der Waals surface area contributed by atoms with E-state index in [9.17, 15) is 13.2 Å². The van der Waals surface area contributed by atoms with Gasteiger partial charge >= 0.3 is 5.97 Å². The van der Waals surface area contributed by atoms with Gasteiger partial charge in [-0.25, -0.2) is 13.1 Å². The zero-order valence-corrected chi connectivity index (χ0v) is 11.7. The summed E-state index contributed by atoms with van der Waals surface area (Å²) in [6.45, 7) is 0.219. The highest BCUT2D eigenvalue weighted by Crippen LogP contribution is 2.12. The van der Waals surface area contributed by atoms with Gasteiger partial charge in [-0.1, -0.05) is 12.1 Å². The molecule has 6 nitrogen and oxygen atoms in total. The van der Waals surface area contributed by atoms with Crippen molar-refractivity contribution in [2.75, 3.05) is 6.54 Å². The number of carboxylic acids is 1. The maximum absolute atomic E-state index is 11.9. The number of hydrogen-bond donors (Lipinski definition) is 2. The number of nitrogens with zero attached hydrogens (tertiary/aromatic N) is 1. The number of aliphatic carboxylic acids is 1. The molecule has 0 aliphatic rings. The quantitative estimate of drug-likeness (QED) is 0.703. The van der Waals surface area contributed by atoms with E-state index in [1.807, 2.05) is 6.07 Å². The van der Waals surface area contributed by atoms with E-state index >= 15 is 0 Å². The van der Waals surface area contributed by atoms with Gasteiger partial charge in [0.25, 0.3) is 0 Å². The molecule has 0 fully saturated rings. The zero-order chi connectivity index (χ0) is 15.0. The van der Waals surface area contributed by atoms with Gasteiger partial charge in [0.15, 0.2) is 0 Å². The lowest BCUT2D eigenvalue weighted by molar-refractivity contribution is -0.136. The number of sulfonamides is 1. The highest BCUT2D eigenvalue weighted by Gasteiger charge is 2.12. The average Bonchev–Trinajstić information content (AvgIpc) is 2.42. The molecular formula is C13H16N2O4S. The lowest BCUT2D eigenvalue weighted by atomic mass is 10.1. The normalized spacial score (nSPS) is 10.9. The van der Waals surface area contributed by atoms with E-state index in [1.54, 1.807) is 12.1 Å². The minimum absolute atomic E-state index is 0.0124. The molecule has 0 aliphatic carbocycles. The largest absolute Gasteiger partial charge is 0.481 e. The molecule has 20 heavy (non-hydrogen) atoms. The molecule has 0 atom stereocenters. The summed E-state index contributed by atoms with van der Waals surface area (Å²) < 4.78 is 26.2. The monoisotopic (exact) mass is 296 g/mol. The fraction of sp³-hybridized carbons (Fsp3) is 0.385. The molecular weight excluding hydrogens is 280 g/mol. The first-order chi connectivity index (χ1) is 9.45. The molecule has 0 unspecified atom stereocenters. The molecule has 0 radical (unpaired) electrons. The van der Waals surface area contributed by atoms with Crippen LogP contribution in [-0.4, -0.2) is 26.0 Å². The summed E-state index contributed by atoms with van der Waals surface area (Å²) in [4.78, 5) is 10.6. The Bertz CT molecular complexity index is 588. The van der Waals surface area contributed by atoms with Gasteiger partial charge in [-0.2, -0.15) is 5.26 Å². The molecule has 2 N–H and O–H groups in total. The van der Waals surface area contributed by atoms with Crippen LogP contribution >= 0.6 is 0 Å². The summed E-state index contributed by atoms with van der Waals surface area (Å²) in [6.07, 6.45) is 1.15. The fourth-order valence-corrected chi connectivity index (χ4v) is 2.62. The third-order valence-electron chi connectivity index (χ3n) is 2.62. The van der Waals surface area contributed by atoms with Gasteiger partial charge in [0, 0.05) is 19.4 Å². The minimum atomic E-state index is -3.56. The molecule has 1 aromatic carbocycles. The number of benzene rings is 1. The second-order valence-electron chi connectivity index (χ2n) is 4.20. The SMILES string of the molecule is N#CCCCNS(=O)(=O)c1ccc(CCC(=O)O)cc1. The Morgan fingerprint density at radius 3 is 2.50 bits per heavy atom. The Balaban J connectivity index is 2.62. The second kappa shape index (κ2) is 7.62. The first-order valence-corrected chi connectivity index (χ1v) is 7.61. The van der Waals surface area contributed by atoms with Gasteiger partial charge in [-0.05, 0) is 30.5 Å². The lowest BCUT2D eigenvalue weighted by Gasteiger charge is -2.06. The summed E-state index contributed by atoms with van der Waals surface area (Å²) >= 11 is 0. The fourth-order valence-electron chi connectivity index (χ4n) is 1.54. The first kappa shape index (κ1) is 16.1. The van der Waals surface area contributed by atoms with E-state index in [1.165, 1.54) is 12.1 Å². The van der Waals surface area contributed by atoms with Crippen LogP contribution < -0.4 is 4.72 Å². The van der Waals surface area contributed by atoms with Crippen molar-refractivity contribution in [1.29, 1.82) is 5.26 Å². The second-order valence-corrected chi connectivity index (χ2v) is 5.96. The predicted molar refractivity (Wildman–Crippen MR) is 72.4 cm³/mol. The molecule has 1 rings (SSSR count). The van der Waals surface area contributed by atoms with Crippen LogP contribution in [-0.2, 0) is 21.2 Å². The van der Waals surface area contributed by atoms with Gasteiger partial charge in [-0.3, -0.25) is 4.79 Å². The number of hydrogen-bond acceptors (Lipinski definition) is 4. The topological polar surface area (TPSA) is 107 Å². The van der Waals surface area contributed by atoms with Crippen LogP contribution in [0.25, 0.3) is 0 Å². The highest BCUT2D eigenvalue weighted by molar-refractivity contribution is 7.89. The van der Waals surface area contributed by atoms with Crippen LogP contribution in [0.15, 0.2) is 29.2 Å². The Kier molecular flexibility index (Phi) is 6.15. The van der Waals surface area contributed by atoms with Crippen LogP contribution in [0.2, 0.25) is 0 Å². The van der Waals surface area contributed by atoms with E-state index in [4.69, 9.17) is 10.4 Å². The number of nitrogens with one attached hydrogen (secondary N) is 1. The molecule has 0 amide bonds. The van der Waals surface area contributed by atoms with E-state index in [2.05, 4.69) is 4.72 Å². The van der Waals surface area contributed by atoms with Gasteiger partial charge in [-0.15, -0.1) is 0 Å². The average molecular weight is 296 g/mol. The number of carboxylic acid groups (broad SMARTS) is 1. The van der Waals surface area contributed by atoms with E-state index in [-0.39, 0.29) is 17.9 Å². The van der Waals surface area contributed by atoms with Gasteiger partial charge < -0.3 is 5.11 Å². The van der Waals surface area contributed by atoms with Crippen molar-refractivity contribution in [1.82, 2.24) is 4.72 Å². The molecule has 108 valence electrons. The van der Waals surface area contributed by atoms with Crippen LogP contribution in [0.1, 0.15) is 24.8 Å². The maximum atomic E-state index is 11.9. The summed E-state index contributed by atoms with van der Waals surface area (Å²) in [5.41, 5.74) is 0.774. The first-order valence-electron chi connectivity index (χ1n) is 6.13. The number of rotatable bonds is 8. The number of unbranched alkanes of at least 4 members (excludes halogenated alkanes) is 1. The lowest BCUT2D eigenvalue weighted by Crippen LogP contribution is -2.24. The van der Waals surface area contributed by atoms with E-state index < -0.39 is 16.0 Å². The van der Waals surface area contributed by atoms with E-state index in [0.717, 1.165) is 5.56 Å². The molecule has 0 aliphatic heterocycles. The molecule has 0 saturated carbocycles. The standard InChI is InChI=1S/C13H16N2O4S/c14-9-1-2-10-15-20(18,19)12-6-3-11(4-7-12)5-8-13(16)17/h3-4,6-7,15H,1-2,5,8,10H2,(H,16,17). The minimum Gasteiger partial charge on any atom is -0.481 e. The van der Waals surface area contributed by atoms with Gasteiger partial charge in [0.05, 0.1) is 11.0 Å². The van der Waals surface area contributed by atoms with Crippen molar-refractivity contribution < 1.29 is 18.3 Å². The van der Waals surface area contributed by atoms with Crippen LogP contribution in [0.4, 0.5) is 0 Å². The molecule has 0 bridgehead atoms. The number of carbonyl (C=O) groups is 1. The predicted octanol–water partition coefficient (Wildman–Crippen LogP) is 1.29. The van der Waals surface area contributed by atoms with Crippen molar-refractivity contribution in [3.63, 3.8) is 0 Å². The van der Waals surface area contributed by atoms with Crippen molar-refractivity contribution in [3.8, 4) is 6.07 Å². The Morgan fingerprint density at radius 2 is 1.95 bits per heavy atom. The Labute approximate surface area is 118 Å². The molecule has 0 saturated heterocycles. The van der Waals surface area contributed by atoms with Crippen molar-refractivity contribution >= 4 is 16.0 Å². The third-order valence-corrected chi connectivity index (χ3v) is 4.10. The summed E-state index contributed by atoms with van der Waals surface area (Å²) in [6, 6.07) is 8.05. The number of nitriles is 1. The highest BCUT2D eigenvalue weighted by atomic mass is 32.2. The van der Waals surface area contributed by atoms with Crippen LogP contribution in [0, 0.1) is 11.3 Å². The van der Waals surface area contributed by atoms with Crippen LogP contribution in [0.3, 0.4) is 0 Å². The summed E-state index contributed by atoms with van der Waals surface area (Å²) in [5, 5.41) is 16.9. The summed E-state index contributed by atoms with van der Waals surface area (Å²) in [7, 11) is -3.56. The van der Waals surface area contributed by atoms with Gasteiger partial charge in [0.1, 0.15) is 0 Å². The molecule has 0 heterocycles. The number of aryl methyl sites for hydroxylation is 1. The molecule has 1 aromatic rings. The van der Waals surface area contributed by atoms with Gasteiger partial charge in [0.2, 0.25) is 10.0 Å². The van der Waals surface area contributed by atoms with Crippen molar-refractivity contribution in [2.24, 2.45) is 0 Å². The maximum Gasteiger partial charge on any atom is 0.303 e. The molecule has 0 spiro atoms. The zero-order valence-electron chi connectivity index (χ0n) is 10.9. The third kappa shape index (κ3) is 5.38. The van der Waals surface area contributed by atoms with E-state index in [0.29, 0.717) is 19.3 Å². The molecule has 0 aromatic heterocycles. The van der Waals surface area contributed by atoms with Crippen LogP contribution in [0.5, 0.6) is 0 Å². The smallest absolute Gasteiger partial charge is 0.303 e. The van der Waals surface area contributed by atoms with Crippen molar-refractivity contribution in [2.45, 2.75) is 30.6 Å². The Morgan fingerprint density at radius 1 is 1.30 bits per heavy atom. The Hall–Kier alpha value is -1.91. The van der Waals surface area contributed by atoms with Crippen molar-refractivity contribution in [3.05, 3.63) is 29.8 Å². The molecule has 7 heteroatoms. The summed E-state index contributed by atoms with van der Waals surface area (Å²) in [5.74, 6) is -0.888.